The van der Waals surface area contributed by atoms with Gasteiger partial charge in [-0.2, -0.15) is 0 Å². The molecule has 1 heterocycles. The van der Waals surface area contributed by atoms with Gasteiger partial charge in [0.1, 0.15) is 17.1 Å². The van der Waals surface area contributed by atoms with Gasteiger partial charge in [0.05, 0.1) is 20.5 Å². The summed E-state index contributed by atoms with van der Waals surface area (Å²) in [4.78, 5) is 12.8. The van der Waals surface area contributed by atoms with Crippen molar-refractivity contribution in [3.8, 4) is 22.6 Å². The Morgan fingerprint density at radius 3 is 2.47 bits per heavy atom. The highest BCUT2D eigenvalue weighted by Crippen LogP contribution is 2.41. The Balaban J connectivity index is 1.76. The first kappa shape index (κ1) is 23.2. The lowest BCUT2D eigenvalue weighted by molar-refractivity contribution is -0.111. The highest BCUT2D eigenvalue weighted by molar-refractivity contribution is 6.06. The number of carbonyl (C=O) groups is 1. The average molecular weight is 456 g/mol. The van der Waals surface area contributed by atoms with E-state index in [2.05, 4.69) is 37.4 Å². The zero-order chi connectivity index (χ0) is 24.4. The van der Waals surface area contributed by atoms with E-state index in [4.69, 9.17) is 13.9 Å². The minimum atomic E-state index is -0.229. The number of methoxy groups -OCH3 is 2. The topological polar surface area (TPSA) is 60.7 Å². The first-order valence-corrected chi connectivity index (χ1v) is 11.1. The predicted molar refractivity (Wildman–Crippen MR) is 138 cm³/mol. The van der Waals surface area contributed by atoms with Crippen LogP contribution in [0.25, 0.3) is 27.7 Å². The van der Waals surface area contributed by atoms with Crippen LogP contribution < -0.4 is 14.8 Å². The molecule has 0 atom stereocenters. The molecule has 5 nitrogen and oxygen atoms in total. The fraction of sp³-hybridized carbons (Fsp3) is 0.207. The molecular formula is C29H29NO4. The maximum atomic E-state index is 12.8. The van der Waals surface area contributed by atoms with Crippen LogP contribution in [-0.4, -0.2) is 20.1 Å². The molecule has 0 spiro atoms. The molecule has 5 heteroatoms. The number of aryl methyl sites for hydroxylation is 3. The second-order valence-corrected chi connectivity index (χ2v) is 8.48. The summed E-state index contributed by atoms with van der Waals surface area (Å²) in [5, 5.41) is 3.88. The van der Waals surface area contributed by atoms with Gasteiger partial charge in [-0.05, 0) is 62.6 Å². The summed E-state index contributed by atoms with van der Waals surface area (Å²) < 4.78 is 17.0. The van der Waals surface area contributed by atoms with Crippen LogP contribution in [0.15, 0.2) is 65.3 Å². The van der Waals surface area contributed by atoms with Gasteiger partial charge in [0, 0.05) is 39.9 Å². The van der Waals surface area contributed by atoms with Gasteiger partial charge in [-0.1, -0.05) is 29.8 Å². The zero-order valence-corrected chi connectivity index (χ0v) is 20.4. The predicted octanol–water partition coefficient (Wildman–Crippen LogP) is 7.08. The van der Waals surface area contributed by atoms with E-state index in [0.717, 1.165) is 38.8 Å². The molecule has 0 bridgehead atoms. The van der Waals surface area contributed by atoms with E-state index in [9.17, 15) is 4.79 Å². The number of nitrogens with one attached hydrogen (secondary N) is 1. The van der Waals surface area contributed by atoms with Gasteiger partial charge in [0.15, 0.2) is 0 Å². The van der Waals surface area contributed by atoms with E-state index < -0.39 is 0 Å². The van der Waals surface area contributed by atoms with Crippen LogP contribution in [0, 0.1) is 20.8 Å². The fourth-order valence-electron chi connectivity index (χ4n) is 4.35. The molecule has 0 saturated heterocycles. The molecular weight excluding hydrogens is 426 g/mol. The number of anilines is 1. The van der Waals surface area contributed by atoms with E-state index >= 15 is 0 Å². The van der Waals surface area contributed by atoms with Gasteiger partial charge >= 0.3 is 0 Å². The van der Waals surface area contributed by atoms with Gasteiger partial charge in [-0.15, -0.1) is 0 Å². The number of allylic oxidation sites excluding steroid dienone is 1. The maximum absolute atomic E-state index is 12.8. The molecule has 1 N–H and O–H groups in total. The largest absolute Gasteiger partial charge is 0.497 e. The molecule has 0 aliphatic heterocycles. The molecule has 0 aliphatic carbocycles. The van der Waals surface area contributed by atoms with E-state index in [-0.39, 0.29) is 5.91 Å². The van der Waals surface area contributed by atoms with Crippen LogP contribution in [0.3, 0.4) is 0 Å². The van der Waals surface area contributed by atoms with Crippen molar-refractivity contribution in [1.29, 1.82) is 0 Å². The van der Waals surface area contributed by atoms with Crippen molar-refractivity contribution >= 4 is 28.1 Å². The maximum Gasteiger partial charge on any atom is 0.248 e. The van der Waals surface area contributed by atoms with Crippen LogP contribution in [-0.2, 0) is 4.79 Å². The molecule has 4 rings (SSSR count). The Bertz CT molecular complexity index is 1410. The Morgan fingerprint density at radius 1 is 0.971 bits per heavy atom. The monoisotopic (exact) mass is 455 g/mol. The molecule has 174 valence electrons. The summed E-state index contributed by atoms with van der Waals surface area (Å²) in [5.74, 6) is 1.14. The summed E-state index contributed by atoms with van der Waals surface area (Å²) in [6.45, 7) is 8.07. The van der Waals surface area contributed by atoms with Crippen LogP contribution in [0.5, 0.6) is 11.5 Å². The van der Waals surface area contributed by atoms with E-state index in [1.54, 1.807) is 32.6 Å². The molecule has 4 aromatic rings. The summed E-state index contributed by atoms with van der Waals surface area (Å²) in [6, 6.07) is 15.7. The molecule has 0 aliphatic rings. The Labute approximate surface area is 200 Å². The minimum Gasteiger partial charge on any atom is -0.497 e. The molecule has 0 fully saturated rings. The highest BCUT2D eigenvalue weighted by Gasteiger charge is 2.19. The van der Waals surface area contributed by atoms with Gasteiger partial charge < -0.3 is 19.2 Å². The summed E-state index contributed by atoms with van der Waals surface area (Å²) in [6.07, 6.45) is 3.38. The van der Waals surface area contributed by atoms with Crippen molar-refractivity contribution in [1.82, 2.24) is 0 Å². The van der Waals surface area contributed by atoms with Crippen LogP contribution in [0.1, 0.15) is 29.2 Å². The average Bonchev–Trinajstić information content (AvgIpc) is 3.23. The molecule has 0 radical (unpaired) electrons. The fourth-order valence-corrected chi connectivity index (χ4v) is 4.35. The minimum absolute atomic E-state index is 0.229. The number of benzene rings is 3. The third-order valence-electron chi connectivity index (χ3n) is 6.03. The van der Waals surface area contributed by atoms with Crippen LogP contribution >= 0.6 is 0 Å². The van der Waals surface area contributed by atoms with Crippen molar-refractivity contribution in [2.24, 2.45) is 0 Å². The lowest BCUT2D eigenvalue weighted by Gasteiger charge is -2.14. The molecule has 1 aromatic heterocycles. The van der Waals surface area contributed by atoms with E-state index in [0.29, 0.717) is 17.2 Å². The molecule has 3 aromatic carbocycles. The van der Waals surface area contributed by atoms with Gasteiger partial charge in [-0.25, -0.2) is 0 Å². The summed E-state index contributed by atoms with van der Waals surface area (Å²) >= 11 is 0. The van der Waals surface area contributed by atoms with Crippen LogP contribution in [0.2, 0.25) is 0 Å². The smallest absolute Gasteiger partial charge is 0.248 e. The standard InChI is InChI=1S/C29H29NO4/c1-17-10-11-23(18(2)12-17)26-16-34-29-20(4)28(33-6)24(15-25(26)29)19(3)13-27(31)30-21-8-7-9-22(14-21)32-5/h7-16H,1-6H3,(H,30,31)/b19-13+. The molecule has 0 saturated carbocycles. The SMILES string of the molecule is COc1cccc(NC(=O)/C=C(\C)c2cc3c(-c4ccc(C)cc4C)coc3c(C)c2OC)c1. The van der Waals surface area contributed by atoms with Crippen molar-refractivity contribution in [3.05, 3.63) is 83.1 Å². The lowest BCUT2D eigenvalue weighted by Crippen LogP contribution is -2.08. The summed E-state index contributed by atoms with van der Waals surface area (Å²) in [7, 11) is 3.23. The second-order valence-electron chi connectivity index (χ2n) is 8.48. The van der Waals surface area contributed by atoms with Gasteiger partial charge in [0.2, 0.25) is 5.91 Å². The number of hydrogen-bond donors (Lipinski definition) is 1. The number of ether oxygens (including phenoxy) is 2. The lowest BCUT2D eigenvalue weighted by atomic mass is 9.94. The van der Waals surface area contributed by atoms with Crippen molar-refractivity contribution in [2.75, 3.05) is 19.5 Å². The Morgan fingerprint density at radius 2 is 1.76 bits per heavy atom. The van der Waals surface area contributed by atoms with Crippen molar-refractivity contribution in [3.63, 3.8) is 0 Å². The molecule has 0 unspecified atom stereocenters. The highest BCUT2D eigenvalue weighted by atomic mass is 16.5. The molecule has 1 amide bonds. The van der Waals surface area contributed by atoms with E-state index in [1.165, 1.54) is 11.1 Å². The van der Waals surface area contributed by atoms with Gasteiger partial charge in [-0.3, -0.25) is 4.79 Å². The number of fused-ring (bicyclic) bond motifs is 1. The van der Waals surface area contributed by atoms with Crippen LogP contribution in [0.4, 0.5) is 5.69 Å². The van der Waals surface area contributed by atoms with E-state index in [1.807, 2.05) is 38.1 Å². The normalized spacial score (nSPS) is 11.5. The third-order valence-corrected chi connectivity index (χ3v) is 6.03. The second kappa shape index (κ2) is 9.48. The number of amides is 1. The number of hydrogen-bond acceptors (Lipinski definition) is 4. The Kier molecular flexibility index (Phi) is 6.46. The first-order chi connectivity index (χ1) is 16.3. The zero-order valence-electron chi connectivity index (χ0n) is 20.4. The number of rotatable bonds is 6. The number of furan rings is 1. The molecule has 34 heavy (non-hydrogen) atoms. The third kappa shape index (κ3) is 4.42. The first-order valence-electron chi connectivity index (χ1n) is 11.1. The Hall–Kier alpha value is -3.99. The number of carbonyl (C=O) groups excluding carboxylic acids is 1. The van der Waals surface area contributed by atoms with Crippen molar-refractivity contribution < 1.29 is 18.7 Å². The summed E-state index contributed by atoms with van der Waals surface area (Å²) in [5.41, 5.74) is 8.52. The van der Waals surface area contributed by atoms with Gasteiger partial charge in [0.25, 0.3) is 0 Å². The van der Waals surface area contributed by atoms with Crippen molar-refractivity contribution in [2.45, 2.75) is 27.7 Å². The quantitative estimate of drug-likeness (QED) is 0.316.